The van der Waals surface area contributed by atoms with Crippen LogP contribution in [0.15, 0.2) is 38.4 Å². The number of rotatable bonds is 4. The van der Waals surface area contributed by atoms with Crippen LogP contribution < -0.4 is 5.73 Å². The minimum absolute atomic E-state index is 0.115. The summed E-state index contributed by atoms with van der Waals surface area (Å²) >= 11 is 3.25. The van der Waals surface area contributed by atoms with Crippen LogP contribution in [-0.4, -0.2) is 48.5 Å². The van der Waals surface area contributed by atoms with Crippen molar-refractivity contribution in [3.05, 3.63) is 29.1 Å². The number of nitrogen functional groups attached to an aromatic ring is 1. The molecule has 0 saturated carbocycles. The number of aromatic nitrogens is 3. The maximum atomic E-state index is 12.3. The maximum Gasteiger partial charge on any atom is 0.287 e. The number of halogens is 1. The molecule has 2 aromatic rings. The third-order valence-corrected chi connectivity index (χ3v) is 3.95. The smallest absolute Gasteiger partial charge is 0.287 e. The number of hydrogen-bond donors (Lipinski definition) is 1. The molecule has 8 nitrogen and oxygen atoms in total. The lowest BCUT2D eigenvalue weighted by Gasteiger charge is -2.08. The Morgan fingerprint density at radius 2 is 2.14 bits per heavy atom. The number of hydrogen-bond acceptors (Lipinski definition) is 5. The van der Waals surface area contributed by atoms with Gasteiger partial charge in [0.1, 0.15) is 11.2 Å². The maximum absolute atomic E-state index is 12.3. The third kappa shape index (κ3) is 3.58. The van der Waals surface area contributed by atoms with Crippen LogP contribution in [0.25, 0.3) is 5.82 Å². The van der Waals surface area contributed by atoms with Crippen LogP contribution in [0.1, 0.15) is 0 Å². The lowest BCUT2D eigenvalue weighted by molar-refractivity contribution is 0.593. The quantitative estimate of drug-likeness (QED) is 0.630. The number of sulfonamides is 1. The van der Waals surface area contributed by atoms with E-state index in [-0.39, 0.29) is 16.4 Å². The van der Waals surface area contributed by atoms with Gasteiger partial charge in [-0.2, -0.15) is 13.5 Å². The molecule has 21 heavy (non-hydrogen) atoms. The highest BCUT2D eigenvalue weighted by Crippen LogP contribution is 2.22. The zero-order chi connectivity index (χ0) is 15.6. The SMILES string of the molecule is CN(C)/C=N\S(=O)(=O)c1cc(N)cnc1-n1cc(Br)cn1. The molecule has 0 fully saturated rings. The van der Waals surface area contributed by atoms with Gasteiger partial charge >= 0.3 is 0 Å². The van der Waals surface area contributed by atoms with Gasteiger partial charge in [0, 0.05) is 20.3 Å². The minimum Gasteiger partial charge on any atom is -0.397 e. The second kappa shape index (κ2) is 5.82. The Morgan fingerprint density at radius 1 is 1.43 bits per heavy atom. The number of anilines is 1. The molecule has 10 heteroatoms. The average Bonchev–Trinajstić information content (AvgIpc) is 2.83. The molecule has 2 N–H and O–H groups in total. The summed E-state index contributed by atoms with van der Waals surface area (Å²) in [5.74, 6) is 0.130. The first-order chi connectivity index (χ1) is 9.79. The molecule has 2 heterocycles. The summed E-state index contributed by atoms with van der Waals surface area (Å²) in [7, 11) is -0.601. The molecule has 0 aromatic carbocycles. The molecule has 0 aliphatic heterocycles. The van der Waals surface area contributed by atoms with E-state index in [0.29, 0.717) is 4.47 Å². The Labute approximate surface area is 130 Å². The molecule has 0 aliphatic carbocycles. The third-order valence-electron chi connectivity index (χ3n) is 2.32. The first kappa shape index (κ1) is 15.4. The number of nitrogens with zero attached hydrogens (tertiary/aromatic N) is 5. The van der Waals surface area contributed by atoms with Crippen LogP contribution in [0.2, 0.25) is 0 Å². The summed E-state index contributed by atoms with van der Waals surface area (Å²) in [5.41, 5.74) is 5.86. The molecular formula is C11H13BrN6O2S. The van der Waals surface area contributed by atoms with Gasteiger partial charge in [-0.3, -0.25) is 0 Å². The van der Waals surface area contributed by atoms with Gasteiger partial charge < -0.3 is 10.6 Å². The lowest BCUT2D eigenvalue weighted by Crippen LogP contribution is -2.12. The van der Waals surface area contributed by atoms with Crippen molar-refractivity contribution in [3.63, 3.8) is 0 Å². The van der Waals surface area contributed by atoms with Gasteiger partial charge in [0.2, 0.25) is 0 Å². The van der Waals surface area contributed by atoms with Gasteiger partial charge in [-0.25, -0.2) is 9.67 Å². The second-order valence-electron chi connectivity index (χ2n) is 4.35. The van der Waals surface area contributed by atoms with Crippen LogP contribution in [0.3, 0.4) is 0 Å². The molecular weight excluding hydrogens is 360 g/mol. The summed E-state index contributed by atoms with van der Waals surface area (Å²) < 4.78 is 30.2. The highest BCUT2D eigenvalue weighted by atomic mass is 79.9. The van der Waals surface area contributed by atoms with E-state index in [1.807, 2.05) is 0 Å². The van der Waals surface area contributed by atoms with Gasteiger partial charge in [0.25, 0.3) is 10.0 Å². The van der Waals surface area contributed by atoms with Crippen LogP contribution in [-0.2, 0) is 10.0 Å². The fraction of sp³-hybridized carbons (Fsp3) is 0.182. The molecule has 0 amide bonds. The number of pyridine rings is 1. The van der Waals surface area contributed by atoms with E-state index < -0.39 is 10.0 Å². The van der Waals surface area contributed by atoms with Crippen molar-refractivity contribution < 1.29 is 8.42 Å². The Hall–Kier alpha value is -1.94. The zero-order valence-electron chi connectivity index (χ0n) is 11.3. The lowest BCUT2D eigenvalue weighted by atomic mass is 10.4. The van der Waals surface area contributed by atoms with E-state index in [0.717, 1.165) is 0 Å². The largest absolute Gasteiger partial charge is 0.397 e. The second-order valence-corrected chi connectivity index (χ2v) is 6.87. The van der Waals surface area contributed by atoms with E-state index in [9.17, 15) is 8.42 Å². The van der Waals surface area contributed by atoms with Gasteiger partial charge in [-0.1, -0.05) is 0 Å². The summed E-state index contributed by atoms with van der Waals surface area (Å²) in [5, 5.41) is 4.02. The van der Waals surface area contributed by atoms with Gasteiger partial charge in [0.15, 0.2) is 5.82 Å². The Kier molecular flexibility index (Phi) is 4.28. The van der Waals surface area contributed by atoms with Gasteiger partial charge in [-0.05, 0) is 22.0 Å². The van der Waals surface area contributed by atoms with Crippen molar-refractivity contribution in [2.75, 3.05) is 19.8 Å². The molecule has 0 spiro atoms. The fourth-order valence-electron chi connectivity index (χ4n) is 1.44. The van der Waals surface area contributed by atoms with Gasteiger partial charge in [-0.15, -0.1) is 4.40 Å². The van der Waals surface area contributed by atoms with Crippen LogP contribution in [0.5, 0.6) is 0 Å². The zero-order valence-corrected chi connectivity index (χ0v) is 13.7. The summed E-state index contributed by atoms with van der Waals surface area (Å²) in [6, 6.07) is 1.31. The normalized spacial score (nSPS) is 12.0. The molecule has 0 unspecified atom stereocenters. The Morgan fingerprint density at radius 3 is 2.71 bits per heavy atom. The highest BCUT2D eigenvalue weighted by molar-refractivity contribution is 9.10. The molecule has 0 saturated heterocycles. The molecule has 2 rings (SSSR count). The first-order valence-corrected chi connectivity index (χ1v) is 7.96. The van der Waals surface area contributed by atoms with E-state index >= 15 is 0 Å². The van der Waals surface area contributed by atoms with Crippen molar-refractivity contribution in [2.45, 2.75) is 4.90 Å². The monoisotopic (exact) mass is 372 g/mol. The average molecular weight is 373 g/mol. The molecule has 0 radical (unpaired) electrons. The highest BCUT2D eigenvalue weighted by Gasteiger charge is 2.21. The summed E-state index contributed by atoms with van der Waals surface area (Å²) in [4.78, 5) is 5.44. The predicted octanol–water partition coefficient (Wildman–Crippen LogP) is 0.891. The van der Waals surface area contributed by atoms with Crippen LogP contribution >= 0.6 is 15.9 Å². The van der Waals surface area contributed by atoms with Crippen LogP contribution in [0.4, 0.5) is 5.69 Å². The topological polar surface area (TPSA) is 106 Å². The van der Waals surface area contributed by atoms with Crippen LogP contribution in [0, 0.1) is 0 Å². The van der Waals surface area contributed by atoms with Crippen molar-refractivity contribution in [1.82, 2.24) is 19.7 Å². The van der Waals surface area contributed by atoms with E-state index in [4.69, 9.17) is 5.73 Å². The van der Waals surface area contributed by atoms with Crippen molar-refractivity contribution in [3.8, 4) is 5.82 Å². The van der Waals surface area contributed by atoms with E-state index in [1.165, 1.54) is 34.4 Å². The molecule has 0 atom stereocenters. The van der Waals surface area contributed by atoms with E-state index in [2.05, 4.69) is 30.4 Å². The standard InChI is InChI=1S/C11H13BrN6O2S/c1-17(2)7-16-21(19,20)10-3-9(13)5-14-11(10)18-6-8(12)4-15-18/h3-7H,13H2,1-2H3/b16-7-. The molecule has 2 aromatic heterocycles. The van der Waals surface area contributed by atoms with E-state index in [1.54, 1.807) is 20.3 Å². The molecule has 112 valence electrons. The Balaban J connectivity index is 2.60. The van der Waals surface area contributed by atoms with Gasteiger partial charge in [0.05, 0.1) is 22.6 Å². The summed E-state index contributed by atoms with van der Waals surface area (Å²) in [6.07, 6.45) is 5.67. The minimum atomic E-state index is -3.94. The molecule has 0 bridgehead atoms. The molecule has 0 aliphatic rings. The fourth-order valence-corrected chi connectivity index (χ4v) is 2.82. The van der Waals surface area contributed by atoms with Crippen molar-refractivity contribution in [2.24, 2.45) is 4.40 Å². The summed E-state index contributed by atoms with van der Waals surface area (Å²) in [6.45, 7) is 0. The van der Waals surface area contributed by atoms with Crippen molar-refractivity contribution >= 4 is 38.0 Å². The predicted molar refractivity (Wildman–Crippen MR) is 82.8 cm³/mol. The Bertz CT molecular complexity index is 784. The number of nitrogens with two attached hydrogens (primary N) is 1. The first-order valence-electron chi connectivity index (χ1n) is 5.72. The van der Waals surface area contributed by atoms with Crippen molar-refractivity contribution in [1.29, 1.82) is 0 Å².